The first-order chi connectivity index (χ1) is 21.9. The fourth-order valence-corrected chi connectivity index (χ4v) is 4.96. The Labute approximate surface area is 266 Å². The number of benzene rings is 2. The first-order valence-corrected chi connectivity index (χ1v) is 15.2. The highest BCUT2D eigenvalue weighted by Crippen LogP contribution is 2.41. The number of aryl methyl sites for hydroxylation is 1. The summed E-state index contributed by atoms with van der Waals surface area (Å²) in [5, 5.41) is 19.2. The molecule has 1 aliphatic carbocycles. The highest BCUT2D eigenvalue weighted by Gasteiger charge is 2.26. The summed E-state index contributed by atoms with van der Waals surface area (Å²) in [4.78, 5) is 29.4. The number of hydrogen-bond donors (Lipinski definition) is 2. The van der Waals surface area contributed by atoms with Crippen molar-refractivity contribution in [3.05, 3.63) is 124 Å². The number of amides is 2. The molecule has 3 heterocycles. The second-order valence-corrected chi connectivity index (χ2v) is 10.5. The monoisotopic (exact) mass is 627 g/mol. The zero-order chi connectivity index (χ0) is 32.3. The number of nitrogens with one attached hydrogen (secondary N) is 2. The van der Waals surface area contributed by atoms with E-state index in [1.54, 1.807) is 29.0 Å². The van der Waals surface area contributed by atoms with Gasteiger partial charge >= 0.3 is 0 Å². The number of nitrogens with zero attached hydrogens (tertiary/aromatic N) is 5. The summed E-state index contributed by atoms with van der Waals surface area (Å²) in [6, 6.07) is 18.9. The molecular formula is C34H35ClFN7O2. The first kappa shape index (κ1) is 32.9. The van der Waals surface area contributed by atoms with E-state index in [2.05, 4.69) is 33.7 Å². The van der Waals surface area contributed by atoms with E-state index in [-0.39, 0.29) is 47.5 Å². The van der Waals surface area contributed by atoms with Crippen molar-refractivity contribution < 1.29 is 14.0 Å². The van der Waals surface area contributed by atoms with Crippen LogP contribution in [0.5, 0.6) is 0 Å². The van der Waals surface area contributed by atoms with E-state index in [9.17, 15) is 19.2 Å². The molecule has 6 rings (SSSR count). The molecule has 0 radical (unpaired) electrons. The van der Waals surface area contributed by atoms with Crippen LogP contribution < -0.4 is 10.6 Å². The largest absolute Gasteiger partial charge is 0.350 e. The molecular weight excluding hydrogens is 593 g/mol. The van der Waals surface area contributed by atoms with E-state index < -0.39 is 11.7 Å². The van der Waals surface area contributed by atoms with E-state index in [4.69, 9.17) is 11.6 Å². The molecule has 3 aromatic heterocycles. The van der Waals surface area contributed by atoms with Gasteiger partial charge in [0.05, 0.1) is 0 Å². The minimum atomic E-state index is -0.510. The van der Waals surface area contributed by atoms with Crippen molar-refractivity contribution in [1.82, 2.24) is 29.8 Å². The van der Waals surface area contributed by atoms with E-state index in [0.29, 0.717) is 11.5 Å². The molecule has 9 nitrogen and oxygen atoms in total. The maximum atomic E-state index is 14.0. The molecule has 232 valence electrons. The van der Waals surface area contributed by atoms with Crippen molar-refractivity contribution in [1.29, 1.82) is 5.26 Å². The molecule has 0 unspecified atom stereocenters. The van der Waals surface area contributed by atoms with Crippen molar-refractivity contribution in [2.24, 2.45) is 0 Å². The third-order valence-electron chi connectivity index (χ3n) is 7.17. The van der Waals surface area contributed by atoms with Crippen LogP contribution in [0.2, 0.25) is 5.02 Å². The highest BCUT2D eigenvalue weighted by molar-refractivity contribution is 6.31. The Balaban J connectivity index is 0.000000352. The number of aromatic nitrogens is 4. The molecule has 0 atom stereocenters. The molecule has 45 heavy (non-hydrogen) atoms. The van der Waals surface area contributed by atoms with Crippen LogP contribution in [-0.2, 0) is 13.1 Å². The van der Waals surface area contributed by atoms with Gasteiger partial charge in [-0.1, -0.05) is 37.6 Å². The van der Waals surface area contributed by atoms with Gasteiger partial charge in [-0.25, -0.2) is 13.9 Å². The maximum Gasteiger partial charge on any atom is 0.268 e. The smallest absolute Gasteiger partial charge is 0.268 e. The van der Waals surface area contributed by atoms with Crippen LogP contribution in [0.4, 0.5) is 4.39 Å². The van der Waals surface area contributed by atoms with Crippen molar-refractivity contribution >= 4 is 29.1 Å². The molecule has 0 saturated heterocycles. The molecule has 11 heteroatoms. The average Bonchev–Trinajstić information content (AvgIpc) is 3.64. The number of halogens is 2. The highest BCUT2D eigenvalue weighted by atomic mass is 35.5. The Bertz CT molecular complexity index is 1770. The van der Waals surface area contributed by atoms with Gasteiger partial charge in [-0.3, -0.25) is 9.59 Å². The summed E-state index contributed by atoms with van der Waals surface area (Å²) in [6.07, 6.45) is 7.58. The van der Waals surface area contributed by atoms with Crippen LogP contribution in [0.3, 0.4) is 0 Å². The van der Waals surface area contributed by atoms with E-state index in [1.165, 1.54) is 40.0 Å². The molecule has 1 fully saturated rings. The summed E-state index contributed by atoms with van der Waals surface area (Å²) >= 11 is 6.02. The molecule has 0 spiro atoms. The van der Waals surface area contributed by atoms with Gasteiger partial charge in [0.25, 0.3) is 11.8 Å². The lowest BCUT2D eigenvalue weighted by Crippen LogP contribution is -2.30. The predicted octanol–water partition coefficient (Wildman–Crippen LogP) is 6.45. The average molecular weight is 628 g/mol. The van der Waals surface area contributed by atoms with E-state index in [0.717, 1.165) is 18.5 Å². The number of rotatable bonds is 8. The van der Waals surface area contributed by atoms with E-state index >= 15 is 0 Å². The summed E-state index contributed by atoms with van der Waals surface area (Å²) in [5.74, 6) is -0.636. The van der Waals surface area contributed by atoms with E-state index in [1.807, 2.05) is 44.3 Å². The second kappa shape index (κ2) is 15.6. The van der Waals surface area contributed by atoms with Gasteiger partial charge in [-0.05, 0) is 85.3 Å². The summed E-state index contributed by atoms with van der Waals surface area (Å²) in [5.41, 5.74) is 4.61. The molecule has 2 aromatic carbocycles. The number of fused-ring (bicyclic) bond motifs is 1. The standard InChI is InChI=1S/C26H24ClFN4O2.C6H5N3.C2H6/c1-16-5-6-18(13-20(16)17-7-8-17)25(33)30-11-12-32-19(14-29)9-10-24(32)26(34)31-15-21-22(27)3-2-4-23(21)28;1-2-6-7-4-5-9(6)8-3-1;1-2/h2-6,9-10,13,17H,7-8,11-12,15H2,1H3,(H,30,33)(H,31,34);1-5H;1-2H3. The van der Waals surface area contributed by atoms with Crippen LogP contribution in [0.25, 0.3) is 5.65 Å². The number of hydrogen-bond acceptors (Lipinski definition) is 5. The van der Waals surface area contributed by atoms with Crippen molar-refractivity contribution in [3.63, 3.8) is 0 Å². The zero-order valence-electron chi connectivity index (χ0n) is 25.4. The normalized spacial score (nSPS) is 11.8. The third-order valence-corrected chi connectivity index (χ3v) is 7.52. The minimum Gasteiger partial charge on any atom is -0.350 e. The maximum absolute atomic E-state index is 14.0. The molecule has 2 N–H and O–H groups in total. The first-order valence-electron chi connectivity index (χ1n) is 14.8. The Kier molecular flexibility index (Phi) is 11.4. The van der Waals surface area contributed by atoms with Gasteiger partial charge < -0.3 is 15.2 Å². The predicted molar refractivity (Wildman–Crippen MR) is 172 cm³/mol. The van der Waals surface area contributed by atoms with Crippen LogP contribution in [0, 0.1) is 24.1 Å². The van der Waals surface area contributed by atoms with Crippen molar-refractivity contribution in [3.8, 4) is 6.07 Å². The fraction of sp³-hybridized carbons (Fsp3) is 0.265. The number of carbonyl (C=O) groups excluding carboxylic acids is 2. The molecule has 0 aliphatic heterocycles. The fourth-order valence-electron chi connectivity index (χ4n) is 4.73. The van der Waals surface area contributed by atoms with Gasteiger partial charge in [-0.2, -0.15) is 10.4 Å². The van der Waals surface area contributed by atoms with Crippen molar-refractivity contribution in [2.45, 2.75) is 52.6 Å². The molecule has 2 amide bonds. The SMILES string of the molecule is CC.Cc1ccc(C(=O)NCCn2c(C#N)ccc2C(=O)NCc2c(F)cccc2Cl)cc1C1CC1.c1cnn2ccnc2c1. The summed E-state index contributed by atoms with van der Waals surface area (Å²) in [6.45, 7) is 6.42. The lowest BCUT2D eigenvalue weighted by molar-refractivity contribution is 0.0941. The number of imidazole rings is 1. The molecule has 1 saturated carbocycles. The molecule has 5 aromatic rings. The van der Waals surface area contributed by atoms with Crippen LogP contribution in [0.1, 0.15) is 75.8 Å². The Hall–Kier alpha value is -5.01. The van der Waals surface area contributed by atoms with Crippen LogP contribution in [0.15, 0.2) is 79.3 Å². The summed E-state index contributed by atoms with van der Waals surface area (Å²) in [7, 11) is 0. The van der Waals surface area contributed by atoms with Gasteiger partial charge in [-0.15, -0.1) is 0 Å². The Morgan fingerprint density at radius 2 is 1.84 bits per heavy atom. The lowest BCUT2D eigenvalue weighted by atomic mass is 10.0. The lowest BCUT2D eigenvalue weighted by Gasteiger charge is -2.13. The zero-order valence-corrected chi connectivity index (χ0v) is 26.2. The topological polar surface area (TPSA) is 117 Å². The molecule has 1 aliphatic rings. The Morgan fingerprint density at radius 1 is 1.04 bits per heavy atom. The van der Waals surface area contributed by atoms with Crippen LogP contribution in [-0.4, -0.2) is 37.5 Å². The van der Waals surface area contributed by atoms with Gasteiger partial charge in [0.2, 0.25) is 0 Å². The minimum absolute atomic E-state index is 0.0924. The van der Waals surface area contributed by atoms with Gasteiger partial charge in [0.1, 0.15) is 23.3 Å². The summed E-state index contributed by atoms with van der Waals surface area (Å²) < 4.78 is 17.2. The van der Waals surface area contributed by atoms with Crippen molar-refractivity contribution in [2.75, 3.05) is 6.54 Å². The quantitative estimate of drug-likeness (QED) is 0.205. The van der Waals surface area contributed by atoms with Crippen LogP contribution >= 0.6 is 11.6 Å². The van der Waals surface area contributed by atoms with Gasteiger partial charge in [0.15, 0.2) is 5.65 Å². The third kappa shape index (κ3) is 8.34. The second-order valence-electron chi connectivity index (χ2n) is 10.1. The Morgan fingerprint density at radius 3 is 2.56 bits per heavy atom. The van der Waals surface area contributed by atoms with Gasteiger partial charge in [0, 0.05) is 54.4 Å². The molecule has 0 bridgehead atoms. The number of carbonyl (C=O) groups is 2. The number of nitriles is 1.